The van der Waals surface area contributed by atoms with Crippen LogP contribution < -0.4 is 9.64 Å². The van der Waals surface area contributed by atoms with Gasteiger partial charge < -0.3 is 19.2 Å². The summed E-state index contributed by atoms with van der Waals surface area (Å²) in [4.78, 5) is 26.2. The first-order valence-corrected chi connectivity index (χ1v) is 10.8. The van der Waals surface area contributed by atoms with Gasteiger partial charge in [0.2, 0.25) is 0 Å². The number of carbonyl (C=O) groups is 1. The lowest BCUT2D eigenvalue weighted by Gasteiger charge is -2.35. The number of ketones is 1. The lowest BCUT2D eigenvalue weighted by molar-refractivity contribution is 0.103. The van der Waals surface area contributed by atoms with Crippen LogP contribution in [0.3, 0.4) is 0 Å². The van der Waals surface area contributed by atoms with Gasteiger partial charge in [-0.1, -0.05) is 0 Å². The Morgan fingerprint density at radius 1 is 1.09 bits per heavy atom. The van der Waals surface area contributed by atoms with Crippen LogP contribution in [0.5, 0.6) is 11.5 Å². The molecule has 5 rings (SSSR count). The molecule has 0 aliphatic carbocycles. The molecule has 4 aromatic rings. The number of aromatic hydroxyl groups is 1. The summed E-state index contributed by atoms with van der Waals surface area (Å²) in [6, 6.07) is 10.3. The average Bonchev–Trinajstić information content (AvgIpc) is 3.31. The number of furan rings is 1. The number of benzene rings is 2. The summed E-state index contributed by atoms with van der Waals surface area (Å²) in [5.41, 5.74) is 2.26. The standard InChI is InChI=1S/C25H24N4O4/c1-32-18-4-2-17(3-5-18)25(31)20-16-33-22-7-6-21(30)19(24(20)22)15-28-10-12-29(13-11-28)23-14-26-8-9-27-23/h2-9,14,16,30H,10-13,15H2,1H3. The van der Waals surface area contributed by atoms with Crippen LogP contribution in [0, 0.1) is 0 Å². The van der Waals surface area contributed by atoms with Gasteiger partial charge in [-0.3, -0.25) is 14.7 Å². The van der Waals surface area contributed by atoms with Crippen molar-refractivity contribution in [3.05, 3.63) is 77.9 Å². The van der Waals surface area contributed by atoms with Crippen molar-refractivity contribution in [3.63, 3.8) is 0 Å². The number of aromatic nitrogens is 2. The molecule has 1 aliphatic rings. The maximum atomic E-state index is 13.3. The Hall–Kier alpha value is -3.91. The Balaban J connectivity index is 1.40. The van der Waals surface area contributed by atoms with E-state index in [4.69, 9.17) is 9.15 Å². The first-order valence-electron chi connectivity index (χ1n) is 10.8. The van der Waals surface area contributed by atoms with E-state index >= 15 is 0 Å². The molecule has 33 heavy (non-hydrogen) atoms. The molecule has 2 aromatic heterocycles. The summed E-state index contributed by atoms with van der Waals surface area (Å²) < 4.78 is 10.9. The van der Waals surface area contributed by atoms with E-state index < -0.39 is 0 Å². The smallest absolute Gasteiger partial charge is 0.196 e. The number of anilines is 1. The molecular formula is C25H24N4O4. The predicted octanol–water partition coefficient (Wildman–Crippen LogP) is 3.49. The molecule has 1 fully saturated rings. The van der Waals surface area contributed by atoms with Crippen molar-refractivity contribution in [2.24, 2.45) is 0 Å². The van der Waals surface area contributed by atoms with Crippen LogP contribution in [0.25, 0.3) is 11.0 Å². The third kappa shape index (κ3) is 4.12. The van der Waals surface area contributed by atoms with Gasteiger partial charge >= 0.3 is 0 Å². The third-order valence-corrected chi connectivity index (χ3v) is 6.05. The van der Waals surface area contributed by atoms with Crippen LogP contribution in [-0.4, -0.2) is 59.0 Å². The number of nitrogens with zero attached hydrogens (tertiary/aromatic N) is 4. The van der Waals surface area contributed by atoms with Gasteiger partial charge in [-0.15, -0.1) is 0 Å². The molecule has 0 amide bonds. The number of fused-ring (bicyclic) bond motifs is 1. The first kappa shape index (κ1) is 21.0. The summed E-state index contributed by atoms with van der Waals surface area (Å²) in [7, 11) is 1.59. The largest absolute Gasteiger partial charge is 0.508 e. The number of rotatable bonds is 6. The fourth-order valence-electron chi connectivity index (χ4n) is 4.23. The number of piperazine rings is 1. The quantitative estimate of drug-likeness (QED) is 0.452. The lowest BCUT2D eigenvalue weighted by atomic mass is 9.98. The van der Waals surface area contributed by atoms with Crippen molar-refractivity contribution in [2.75, 3.05) is 38.2 Å². The van der Waals surface area contributed by atoms with Gasteiger partial charge in [-0.25, -0.2) is 4.98 Å². The zero-order chi connectivity index (χ0) is 22.8. The second-order valence-electron chi connectivity index (χ2n) is 7.97. The second-order valence-corrected chi connectivity index (χ2v) is 7.97. The molecule has 0 radical (unpaired) electrons. The molecule has 1 N–H and O–H groups in total. The van der Waals surface area contributed by atoms with E-state index in [1.165, 1.54) is 6.26 Å². The van der Waals surface area contributed by atoms with Gasteiger partial charge in [-0.2, -0.15) is 0 Å². The molecule has 3 heterocycles. The molecule has 0 saturated carbocycles. The van der Waals surface area contributed by atoms with E-state index in [2.05, 4.69) is 19.8 Å². The minimum atomic E-state index is -0.157. The summed E-state index contributed by atoms with van der Waals surface area (Å²) in [5.74, 6) is 1.55. The van der Waals surface area contributed by atoms with E-state index in [0.717, 1.165) is 32.0 Å². The number of ether oxygens (including phenoxy) is 1. The van der Waals surface area contributed by atoms with Crippen molar-refractivity contribution in [1.29, 1.82) is 0 Å². The number of hydrogen-bond donors (Lipinski definition) is 1. The van der Waals surface area contributed by atoms with Crippen molar-refractivity contribution >= 4 is 22.6 Å². The first-order chi connectivity index (χ1) is 16.1. The van der Waals surface area contributed by atoms with Gasteiger partial charge in [0.15, 0.2) is 5.78 Å². The zero-order valence-corrected chi connectivity index (χ0v) is 18.3. The Kier molecular flexibility index (Phi) is 5.66. The van der Waals surface area contributed by atoms with Crippen LogP contribution in [0.1, 0.15) is 21.5 Å². The number of phenolic OH excluding ortho intramolecular Hbond substituents is 1. The van der Waals surface area contributed by atoms with Crippen molar-refractivity contribution in [1.82, 2.24) is 14.9 Å². The topological polar surface area (TPSA) is 91.9 Å². The van der Waals surface area contributed by atoms with Gasteiger partial charge in [0.05, 0.1) is 18.9 Å². The molecule has 8 heteroatoms. The average molecular weight is 444 g/mol. The van der Waals surface area contributed by atoms with Gasteiger partial charge in [0.25, 0.3) is 0 Å². The predicted molar refractivity (Wildman–Crippen MR) is 124 cm³/mol. The fraction of sp³-hybridized carbons (Fsp3) is 0.240. The molecular weight excluding hydrogens is 420 g/mol. The third-order valence-electron chi connectivity index (χ3n) is 6.05. The lowest BCUT2D eigenvalue weighted by Crippen LogP contribution is -2.46. The molecule has 1 aliphatic heterocycles. The van der Waals surface area contributed by atoms with E-state index in [9.17, 15) is 9.90 Å². The molecule has 1 saturated heterocycles. The molecule has 8 nitrogen and oxygen atoms in total. The number of hydrogen-bond acceptors (Lipinski definition) is 8. The van der Waals surface area contributed by atoms with E-state index in [1.807, 2.05) is 0 Å². The van der Waals surface area contributed by atoms with Crippen LogP contribution >= 0.6 is 0 Å². The van der Waals surface area contributed by atoms with Gasteiger partial charge in [-0.05, 0) is 36.4 Å². The van der Waals surface area contributed by atoms with Crippen LogP contribution in [0.15, 0.2) is 65.7 Å². The van der Waals surface area contributed by atoms with E-state index in [0.29, 0.717) is 40.0 Å². The molecule has 2 aromatic carbocycles. The van der Waals surface area contributed by atoms with Gasteiger partial charge in [0.1, 0.15) is 29.2 Å². The summed E-state index contributed by atoms with van der Waals surface area (Å²) in [6.45, 7) is 3.72. The van der Waals surface area contributed by atoms with Gasteiger partial charge in [0, 0.05) is 61.6 Å². The maximum Gasteiger partial charge on any atom is 0.196 e. The monoisotopic (exact) mass is 444 g/mol. The highest BCUT2D eigenvalue weighted by atomic mass is 16.5. The Morgan fingerprint density at radius 3 is 2.58 bits per heavy atom. The van der Waals surface area contributed by atoms with Crippen LogP contribution in [0.2, 0.25) is 0 Å². The molecule has 0 atom stereocenters. The zero-order valence-electron chi connectivity index (χ0n) is 18.3. The summed E-state index contributed by atoms with van der Waals surface area (Å²) >= 11 is 0. The molecule has 0 bridgehead atoms. The van der Waals surface area contributed by atoms with Crippen LogP contribution in [0.4, 0.5) is 5.82 Å². The fourth-order valence-corrected chi connectivity index (χ4v) is 4.23. The minimum Gasteiger partial charge on any atom is -0.508 e. The normalized spacial score (nSPS) is 14.5. The van der Waals surface area contributed by atoms with Crippen LogP contribution in [-0.2, 0) is 6.54 Å². The minimum absolute atomic E-state index is 0.157. The second kappa shape index (κ2) is 8.91. The summed E-state index contributed by atoms with van der Waals surface area (Å²) in [6.07, 6.45) is 6.61. The molecule has 168 valence electrons. The highest BCUT2D eigenvalue weighted by Gasteiger charge is 2.24. The van der Waals surface area contributed by atoms with Crippen molar-refractivity contribution < 1.29 is 19.1 Å². The van der Waals surface area contributed by atoms with Crippen molar-refractivity contribution in [3.8, 4) is 11.5 Å². The highest BCUT2D eigenvalue weighted by Crippen LogP contribution is 2.34. The van der Waals surface area contributed by atoms with E-state index in [1.54, 1.807) is 62.1 Å². The number of methoxy groups -OCH3 is 1. The SMILES string of the molecule is COc1ccc(C(=O)c2coc3ccc(O)c(CN4CCN(c5cnccn5)CC4)c23)cc1. The Morgan fingerprint density at radius 2 is 1.88 bits per heavy atom. The Bertz CT molecular complexity index is 1260. The van der Waals surface area contributed by atoms with Crippen molar-refractivity contribution in [2.45, 2.75) is 6.54 Å². The maximum absolute atomic E-state index is 13.3. The Labute approximate surface area is 191 Å². The summed E-state index contributed by atoms with van der Waals surface area (Å²) in [5, 5.41) is 11.4. The number of carbonyl (C=O) groups excluding carboxylic acids is 1. The molecule has 0 unspecified atom stereocenters. The van der Waals surface area contributed by atoms with E-state index in [-0.39, 0.29) is 11.5 Å². The molecule has 0 spiro atoms. The highest BCUT2D eigenvalue weighted by molar-refractivity contribution is 6.16. The number of phenols is 1.